The SMILES string of the molecule is NC(=O)/C=C(/CC(=O)O)C(=O)O. The number of primary amides is 1. The Morgan fingerprint density at radius 3 is 2.00 bits per heavy atom. The summed E-state index contributed by atoms with van der Waals surface area (Å²) in [6, 6.07) is 0. The largest absolute Gasteiger partial charge is 0.481 e. The van der Waals surface area contributed by atoms with Gasteiger partial charge in [0.25, 0.3) is 0 Å². The molecule has 0 aromatic rings. The number of carbonyl (C=O) groups is 3. The molecule has 0 aromatic heterocycles. The molecule has 0 aliphatic rings. The van der Waals surface area contributed by atoms with E-state index >= 15 is 0 Å². The lowest BCUT2D eigenvalue weighted by molar-refractivity contribution is -0.139. The van der Waals surface area contributed by atoms with Crippen LogP contribution in [0, 0.1) is 0 Å². The summed E-state index contributed by atoms with van der Waals surface area (Å²) in [6.45, 7) is 0. The van der Waals surface area contributed by atoms with Crippen LogP contribution in [-0.4, -0.2) is 28.1 Å². The normalized spacial score (nSPS) is 10.8. The quantitative estimate of drug-likeness (QED) is 0.469. The van der Waals surface area contributed by atoms with E-state index in [1.54, 1.807) is 0 Å². The highest BCUT2D eigenvalue weighted by molar-refractivity contribution is 5.99. The number of carboxylic acid groups (broad SMARTS) is 2. The van der Waals surface area contributed by atoms with E-state index in [4.69, 9.17) is 10.2 Å². The second-order valence-electron chi connectivity index (χ2n) is 1.95. The minimum absolute atomic E-state index is 0.532. The third-order valence-corrected chi connectivity index (χ3v) is 0.933. The lowest BCUT2D eigenvalue weighted by atomic mass is 10.2. The Hall–Kier alpha value is -1.85. The van der Waals surface area contributed by atoms with E-state index in [9.17, 15) is 14.4 Å². The fourth-order valence-corrected chi connectivity index (χ4v) is 0.523. The Morgan fingerprint density at radius 2 is 1.75 bits per heavy atom. The predicted octanol–water partition coefficient (Wildman–Crippen LogP) is -1.04. The predicted molar refractivity (Wildman–Crippen MR) is 37.2 cm³/mol. The first-order chi connectivity index (χ1) is 5.43. The van der Waals surface area contributed by atoms with Gasteiger partial charge in [-0.25, -0.2) is 4.79 Å². The van der Waals surface area contributed by atoms with Crippen LogP contribution < -0.4 is 5.73 Å². The molecule has 6 heteroatoms. The number of carboxylic acids is 2. The first-order valence-electron chi connectivity index (χ1n) is 2.88. The van der Waals surface area contributed by atoms with Gasteiger partial charge in [-0.15, -0.1) is 0 Å². The molecule has 0 spiro atoms. The van der Waals surface area contributed by atoms with Gasteiger partial charge in [-0.2, -0.15) is 0 Å². The minimum Gasteiger partial charge on any atom is -0.481 e. The molecule has 0 aliphatic heterocycles. The van der Waals surface area contributed by atoms with Gasteiger partial charge in [-0.1, -0.05) is 0 Å². The van der Waals surface area contributed by atoms with Crippen molar-refractivity contribution in [2.45, 2.75) is 6.42 Å². The Morgan fingerprint density at radius 1 is 1.25 bits per heavy atom. The van der Waals surface area contributed by atoms with E-state index in [0.29, 0.717) is 6.08 Å². The number of nitrogens with two attached hydrogens (primary N) is 1. The summed E-state index contributed by atoms with van der Waals surface area (Å²) in [5.41, 5.74) is 4.10. The van der Waals surface area contributed by atoms with Crippen LogP contribution in [-0.2, 0) is 14.4 Å². The Balaban J connectivity index is 4.55. The molecule has 12 heavy (non-hydrogen) atoms. The van der Waals surface area contributed by atoms with E-state index in [-0.39, 0.29) is 0 Å². The summed E-state index contributed by atoms with van der Waals surface area (Å²) in [5.74, 6) is -3.77. The van der Waals surface area contributed by atoms with Crippen LogP contribution in [0.15, 0.2) is 11.6 Å². The molecule has 0 bridgehead atoms. The van der Waals surface area contributed by atoms with Crippen molar-refractivity contribution in [2.24, 2.45) is 5.73 Å². The molecule has 0 atom stereocenters. The van der Waals surface area contributed by atoms with Crippen molar-refractivity contribution in [3.05, 3.63) is 11.6 Å². The van der Waals surface area contributed by atoms with Gasteiger partial charge >= 0.3 is 11.9 Å². The zero-order valence-corrected chi connectivity index (χ0v) is 5.98. The number of aliphatic carboxylic acids is 2. The summed E-state index contributed by atoms with van der Waals surface area (Å²) < 4.78 is 0. The standard InChI is InChI=1S/C6H7NO5/c7-4(8)1-3(6(11)12)2-5(9)10/h1H,2H2,(H2,7,8)(H,9,10)(H,11,12)/b3-1-. The topological polar surface area (TPSA) is 118 Å². The summed E-state index contributed by atoms with van der Waals surface area (Å²) in [4.78, 5) is 30.5. The van der Waals surface area contributed by atoms with Crippen molar-refractivity contribution >= 4 is 17.8 Å². The molecule has 66 valence electrons. The van der Waals surface area contributed by atoms with Gasteiger partial charge in [0.15, 0.2) is 0 Å². The van der Waals surface area contributed by atoms with E-state index in [0.717, 1.165) is 0 Å². The molecule has 0 aliphatic carbocycles. The average Bonchev–Trinajstić information content (AvgIpc) is 1.83. The second kappa shape index (κ2) is 4.12. The molecule has 0 saturated heterocycles. The molecule has 0 saturated carbocycles. The third-order valence-electron chi connectivity index (χ3n) is 0.933. The van der Waals surface area contributed by atoms with Gasteiger partial charge in [0, 0.05) is 6.08 Å². The lowest BCUT2D eigenvalue weighted by Crippen LogP contribution is -2.13. The zero-order valence-electron chi connectivity index (χ0n) is 5.98. The Bertz CT molecular complexity index is 255. The number of carbonyl (C=O) groups excluding carboxylic acids is 1. The van der Waals surface area contributed by atoms with Crippen molar-refractivity contribution in [3.63, 3.8) is 0 Å². The van der Waals surface area contributed by atoms with Crippen LogP contribution in [0.3, 0.4) is 0 Å². The fourth-order valence-electron chi connectivity index (χ4n) is 0.523. The van der Waals surface area contributed by atoms with Gasteiger partial charge < -0.3 is 15.9 Å². The molecule has 1 amide bonds. The maximum absolute atomic E-state index is 10.2. The minimum atomic E-state index is -1.46. The molecule has 0 unspecified atom stereocenters. The molecule has 0 rings (SSSR count). The molecule has 0 aromatic carbocycles. The number of hydrogen-bond donors (Lipinski definition) is 3. The van der Waals surface area contributed by atoms with Crippen LogP contribution in [0.25, 0.3) is 0 Å². The van der Waals surface area contributed by atoms with Gasteiger partial charge in [0.1, 0.15) is 0 Å². The first kappa shape index (κ1) is 10.2. The molecule has 0 heterocycles. The highest BCUT2D eigenvalue weighted by atomic mass is 16.4. The molecular weight excluding hydrogens is 166 g/mol. The van der Waals surface area contributed by atoms with Crippen molar-refractivity contribution in [1.82, 2.24) is 0 Å². The summed E-state index contributed by atoms with van der Waals surface area (Å²) >= 11 is 0. The zero-order chi connectivity index (χ0) is 9.72. The van der Waals surface area contributed by atoms with E-state index in [2.05, 4.69) is 5.73 Å². The van der Waals surface area contributed by atoms with Crippen molar-refractivity contribution < 1.29 is 24.6 Å². The maximum Gasteiger partial charge on any atom is 0.332 e. The Labute approximate surface area is 67.3 Å². The van der Waals surface area contributed by atoms with Gasteiger partial charge in [-0.3, -0.25) is 9.59 Å². The second-order valence-corrected chi connectivity index (χ2v) is 1.95. The monoisotopic (exact) mass is 173 g/mol. The molecule has 0 fully saturated rings. The highest BCUT2D eigenvalue weighted by Gasteiger charge is 2.12. The highest BCUT2D eigenvalue weighted by Crippen LogP contribution is 2.00. The molecular formula is C6H7NO5. The lowest BCUT2D eigenvalue weighted by Gasteiger charge is -1.95. The third kappa shape index (κ3) is 4.04. The van der Waals surface area contributed by atoms with Crippen LogP contribution >= 0.6 is 0 Å². The van der Waals surface area contributed by atoms with Gasteiger partial charge in [-0.05, 0) is 0 Å². The van der Waals surface area contributed by atoms with Crippen LogP contribution in [0.1, 0.15) is 6.42 Å². The van der Waals surface area contributed by atoms with Crippen LogP contribution in [0.4, 0.5) is 0 Å². The molecule has 0 radical (unpaired) electrons. The van der Waals surface area contributed by atoms with Crippen molar-refractivity contribution in [1.29, 1.82) is 0 Å². The molecule has 6 nitrogen and oxygen atoms in total. The van der Waals surface area contributed by atoms with Crippen LogP contribution in [0.5, 0.6) is 0 Å². The van der Waals surface area contributed by atoms with E-state index in [1.165, 1.54) is 0 Å². The number of amides is 1. The van der Waals surface area contributed by atoms with Gasteiger partial charge in [0.05, 0.1) is 12.0 Å². The molecule has 4 N–H and O–H groups in total. The van der Waals surface area contributed by atoms with E-state index in [1.807, 2.05) is 0 Å². The number of rotatable bonds is 4. The fraction of sp³-hybridized carbons (Fsp3) is 0.167. The maximum atomic E-state index is 10.2. The Kier molecular flexibility index (Phi) is 3.48. The van der Waals surface area contributed by atoms with Crippen LogP contribution in [0.2, 0.25) is 0 Å². The summed E-state index contributed by atoms with van der Waals surface area (Å²) in [7, 11) is 0. The summed E-state index contributed by atoms with van der Waals surface area (Å²) in [6.07, 6.45) is -0.144. The van der Waals surface area contributed by atoms with Gasteiger partial charge in [0.2, 0.25) is 5.91 Å². The number of hydrogen-bond acceptors (Lipinski definition) is 3. The summed E-state index contributed by atoms with van der Waals surface area (Å²) in [5, 5.41) is 16.5. The smallest absolute Gasteiger partial charge is 0.332 e. The first-order valence-corrected chi connectivity index (χ1v) is 2.88. The van der Waals surface area contributed by atoms with Crippen molar-refractivity contribution in [2.75, 3.05) is 0 Å². The van der Waals surface area contributed by atoms with Crippen molar-refractivity contribution in [3.8, 4) is 0 Å². The average molecular weight is 173 g/mol. The van der Waals surface area contributed by atoms with E-state index < -0.39 is 29.8 Å².